The van der Waals surface area contributed by atoms with Crippen molar-refractivity contribution in [2.75, 3.05) is 0 Å². The molecule has 3 rings (SSSR count). The zero-order valence-corrected chi connectivity index (χ0v) is 13.8. The predicted octanol–water partition coefficient (Wildman–Crippen LogP) is 3.61. The molecular formula is C19H20ClNO2. The number of halogens is 1. The topological polar surface area (TPSA) is 49.3 Å². The van der Waals surface area contributed by atoms with Gasteiger partial charge in [0.05, 0.1) is 12.0 Å². The van der Waals surface area contributed by atoms with E-state index in [-0.39, 0.29) is 18.4 Å². The molecule has 1 aliphatic carbocycles. The van der Waals surface area contributed by atoms with E-state index in [9.17, 15) is 9.90 Å². The summed E-state index contributed by atoms with van der Waals surface area (Å²) >= 11 is 5.89. The Kier molecular flexibility index (Phi) is 4.42. The fraction of sp³-hybridized carbons (Fsp3) is 0.316. The Hall–Kier alpha value is -1.84. The first-order valence-corrected chi connectivity index (χ1v) is 8.16. The van der Waals surface area contributed by atoms with Crippen LogP contribution in [-0.2, 0) is 10.4 Å². The van der Waals surface area contributed by atoms with Crippen molar-refractivity contribution >= 4 is 17.5 Å². The molecule has 4 heteroatoms. The van der Waals surface area contributed by atoms with E-state index in [1.54, 1.807) is 6.92 Å². The predicted molar refractivity (Wildman–Crippen MR) is 91.4 cm³/mol. The van der Waals surface area contributed by atoms with Gasteiger partial charge in [0, 0.05) is 17.0 Å². The molecule has 1 amide bonds. The lowest BCUT2D eigenvalue weighted by Crippen LogP contribution is -2.34. The summed E-state index contributed by atoms with van der Waals surface area (Å²) in [6, 6.07) is 17.2. The molecule has 3 nitrogen and oxygen atoms in total. The summed E-state index contributed by atoms with van der Waals surface area (Å²) in [6.07, 6.45) is 0.988. The Morgan fingerprint density at radius 2 is 1.87 bits per heavy atom. The molecule has 23 heavy (non-hydrogen) atoms. The van der Waals surface area contributed by atoms with E-state index in [1.165, 1.54) is 5.56 Å². The van der Waals surface area contributed by atoms with Gasteiger partial charge in [-0.25, -0.2) is 0 Å². The van der Waals surface area contributed by atoms with Crippen molar-refractivity contribution in [1.82, 2.24) is 5.32 Å². The van der Waals surface area contributed by atoms with Crippen LogP contribution in [0.25, 0.3) is 0 Å². The van der Waals surface area contributed by atoms with Gasteiger partial charge in [-0.15, -0.1) is 0 Å². The average Bonchev–Trinajstić information content (AvgIpc) is 3.27. The Labute approximate surface area is 141 Å². The van der Waals surface area contributed by atoms with Crippen LogP contribution in [0.2, 0.25) is 5.02 Å². The van der Waals surface area contributed by atoms with Gasteiger partial charge < -0.3 is 10.4 Å². The van der Waals surface area contributed by atoms with E-state index in [2.05, 4.69) is 5.32 Å². The van der Waals surface area contributed by atoms with Gasteiger partial charge in [-0.3, -0.25) is 4.79 Å². The zero-order chi connectivity index (χ0) is 16.4. The number of carbonyl (C=O) groups is 1. The van der Waals surface area contributed by atoms with Gasteiger partial charge in [-0.2, -0.15) is 0 Å². The number of amides is 1. The SMILES string of the molecule is CC(O)(CC(=O)NC1CC1c1ccc(Cl)cc1)c1ccccc1. The van der Waals surface area contributed by atoms with Crippen LogP contribution in [-0.4, -0.2) is 17.1 Å². The second kappa shape index (κ2) is 6.34. The molecule has 120 valence electrons. The Morgan fingerprint density at radius 1 is 1.22 bits per heavy atom. The molecule has 1 fully saturated rings. The quantitative estimate of drug-likeness (QED) is 0.880. The third kappa shape index (κ3) is 3.92. The van der Waals surface area contributed by atoms with Crippen LogP contribution in [0, 0.1) is 0 Å². The van der Waals surface area contributed by atoms with Gasteiger partial charge in [0.15, 0.2) is 0 Å². The lowest BCUT2D eigenvalue weighted by molar-refractivity contribution is -0.126. The van der Waals surface area contributed by atoms with Crippen LogP contribution in [0.5, 0.6) is 0 Å². The van der Waals surface area contributed by atoms with Gasteiger partial charge in [0.1, 0.15) is 0 Å². The highest BCUT2D eigenvalue weighted by Gasteiger charge is 2.40. The van der Waals surface area contributed by atoms with E-state index in [0.29, 0.717) is 10.9 Å². The number of hydrogen-bond donors (Lipinski definition) is 2. The van der Waals surface area contributed by atoms with E-state index in [0.717, 1.165) is 12.0 Å². The number of rotatable bonds is 5. The first-order valence-electron chi connectivity index (χ1n) is 7.78. The fourth-order valence-corrected chi connectivity index (χ4v) is 3.03. The molecule has 0 aromatic heterocycles. The molecule has 2 N–H and O–H groups in total. The summed E-state index contributed by atoms with van der Waals surface area (Å²) in [7, 11) is 0. The fourth-order valence-electron chi connectivity index (χ4n) is 2.90. The second-order valence-corrected chi connectivity index (χ2v) is 6.82. The van der Waals surface area contributed by atoms with Gasteiger partial charge in [0.2, 0.25) is 5.91 Å². The summed E-state index contributed by atoms with van der Waals surface area (Å²) < 4.78 is 0. The molecule has 0 bridgehead atoms. The molecular weight excluding hydrogens is 310 g/mol. The summed E-state index contributed by atoms with van der Waals surface area (Å²) in [5.74, 6) is 0.221. The molecule has 3 unspecified atom stereocenters. The minimum atomic E-state index is -1.16. The summed E-state index contributed by atoms with van der Waals surface area (Å²) in [5.41, 5.74) is 0.783. The average molecular weight is 330 g/mol. The zero-order valence-electron chi connectivity index (χ0n) is 13.0. The lowest BCUT2D eigenvalue weighted by atomic mass is 9.92. The molecule has 0 heterocycles. The molecule has 0 radical (unpaired) electrons. The highest BCUT2D eigenvalue weighted by molar-refractivity contribution is 6.30. The second-order valence-electron chi connectivity index (χ2n) is 6.38. The normalized spacial score (nSPS) is 22.2. The van der Waals surface area contributed by atoms with Gasteiger partial charge >= 0.3 is 0 Å². The minimum absolute atomic E-state index is 0.0564. The van der Waals surface area contributed by atoms with Crippen LogP contribution in [0.15, 0.2) is 54.6 Å². The molecule has 0 aliphatic heterocycles. The summed E-state index contributed by atoms with van der Waals surface area (Å²) in [4.78, 5) is 12.2. The Bertz CT molecular complexity index is 682. The monoisotopic (exact) mass is 329 g/mol. The number of benzene rings is 2. The summed E-state index contributed by atoms with van der Waals surface area (Å²) in [5, 5.41) is 14.3. The molecule has 0 saturated heterocycles. The Morgan fingerprint density at radius 3 is 2.52 bits per heavy atom. The van der Waals surface area contributed by atoms with E-state index >= 15 is 0 Å². The van der Waals surface area contributed by atoms with Crippen LogP contribution in [0.3, 0.4) is 0 Å². The minimum Gasteiger partial charge on any atom is -0.385 e. The molecule has 3 atom stereocenters. The van der Waals surface area contributed by atoms with Crippen LogP contribution in [0.1, 0.15) is 36.8 Å². The van der Waals surface area contributed by atoms with Crippen molar-refractivity contribution in [2.24, 2.45) is 0 Å². The lowest BCUT2D eigenvalue weighted by Gasteiger charge is -2.23. The largest absolute Gasteiger partial charge is 0.385 e. The highest BCUT2D eigenvalue weighted by atomic mass is 35.5. The van der Waals surface area contributed by atoms with Crippen molar-refractivity contribution in [3.63, 3.8) is 0 Å². The first-order chi connectivity index (χ1) is 11.0. The maximum absolute atomic E-state index is 12.2. The van der Waals surface area contributed by atoms with Crippen molar-refractivity contribution in [2.45, 2.75) is 37.3 Å². The van der Waals surface area contributed by atoms with Crippen LogP contribution >= 0.6 is 11.6 Å². The number of aliphatic hydroxyl groups is 1. The number of carbonyl (C=O) groups excluding carboxylic acids is 1. The van der Waals surface area contributed by atoms with E-state index in [4.69, 9.17) is 11.6 Å². The van der Waals surface area contributed by atoms with Crippen molar-refractivity contribution in [3.05, 3.63) is 70.7 Å². The maximum Gasteiger partial charge on any atom is 0.223 e. The van der Waals surface area contributed by atoms with Gasteiger partial charge in [-0.1, -0.05) is 54.1 Å². The van der Waals surface area contributed by atoms with E-state index in [1.807, 2.05) is 54.6 Å². The maximum atomic E-state index is 12.2. The highest BCUT2D eigenvalue weighted by Crippen LogP contribution is 2.41. The van der Waals surface area contributed by atoms with Crippen molar-refractivity contribution in [1.29, 1.82) is 0 Å². The molecule has 2 aromatic carbocycles. The number of hydrogen-bond acceptors (Lipinski definition) is 2. The summed E-state index contributed by atoms with van der Waals surface area (Å²) in [6.45, 7) is 1.67. The molecule has 1 saturated carbocycles. The molecule has 2 aromatic rings. The molecule has 0 spiro atoms. The van der Waals surface area contributed by atoms with Crippen molar-refractivity contribution in [3.8, 4) is 0 Å². The third-order valence-corrected chi connectivity index (χ3v) is 4.59. The Balaban J connectivity index is 1.56. The smallest absolute Gasteiger partial charge is 0.223 e. The van der Waals surface area contributed by atoms with Gasteiger partial charge in [-0.05, 0) is 36.6 Å². The molecule has 1 aliphatic rings. The van der Waals surface area contributed by atoms with Crippen LogP contribution < -0.4 is 5.32 Å². The first kappa shape index (κ1) is 16.0. The number of nitrogens with one attached hydrogen (secondary N) is 1. The van der Waals surface area contributed by atoms with Crippen LogP contribution in [0.4, 0.5) is 0 Å². The van der Waals surface area contributed by atoms with Crippen molar-refractivity contribution < 1.29 is 9.90 Å². The van der Waals surface area contributed by atoms with E-state index < -0.39 is 5.60 Å². The van der Waals surface area contributed by atoms with Gasteiger partial charge in [0.25, 0.3) is 0 Å². The third-order valence-electron chi connectivity index (χ3n) is 4.34. The standard InChI is InChI=1S/C19H20ClNO2/c1-19(23,14-5-3-2-4-6-14)12-18(22)21-17-11-16(17)13-7-9-15(20)10-8-13/h2-10,16-17,23H,11-12H2,1H3,(H,21,22).